The summed E-state index contributed by atoms with van der Waals surface area (Å²) in [7, 11) is 1.56. The van der Waals surface area contributed by atoms with Gasteiger partial charge < -0.3 is 14.8 Å². The number of carbonyl (C=O) groups excluding carboxylic acids is 1. The van der Waals surface area contributed by atoms with Crippen LogP contribution in [-0.2, 0) is 9.53 Å². The van der Waals surface area contributed by atoms with Crippen molar-refractivity contribution in [2.45, 2.75) is 33.3 Å². The highest BCUT2D eigenvalue weighted by atomic mass is 35.5. The molecule has 0 saturated heterocycles. The molecular weight excluding hydrogens is 266 g/mol. The Labute approximate surface area is 119 Å². The molecule has 0 saturated carbocycles. The molecule has 0 radical (unpaired) electrons. The van der Waals surface area contributed by atoms with E-state index in [0.717, 1.165) is 11.3 Å². The van der Waals surface area contributed by atoms with Crippen molar-refractivity contribution in [3.8, 4) is 5.75 Å². The number of hydrogen-bond donors (Lipinski definition) is 1. The maximum atomic E-state index is 11.6. The molecule has 1 N–H and O–H groups in total. The first kappa shape index (κ1) is 15.6. The molecule has 0 heterocycles. The Kier molecular flexibility index (Phi) is 5.06. The summed E-state index contributed by atoms with van der Waals surface area (Å²) in [5.41, 5.74) is 1.14. The van der Waals surface area contributed by atoms with Crippen molar-refractivity contribution in [3.05, 3.63) is 22.7 Å². The lowest BCUT2D eigenvalue weighted by atomic mass is 10.2. The highest BCUT2D eigenvalue weighted by Gasteiger charge is 2.16. The molecule has 0 fully saturated rings. The number of methoxy groups -OCH3 is 1. The minimum atomic E-state index is -0.487. The first-order valence-electron chi connectivity index (χ1n) is 6.03. The van der Waals surface area contributed by atoms with E-state index in [-0.39, 0.29) is 12.5 Å². The van der Waals surface area contributed by atoms with E-state index in [1.165, 1.54) is 0 Å². The lowest BCUT2D eigenvalue weighted by Gasteiger charge is -2.20. The van der Waals surface area contributed by atoms with E-state index in [0.29, 0.717) is 10.8 Å². The molecule has 0 spiro atoms. The van der Waals surface area contributed by atoms with E-state index in [4.69, 9.17) is 21.1 Å². The van der Waals surface area contributed by atoms with E-state index in [9.17, 15) is 4.79 Å². The number of hydrogen-bond acceptors (Lipinski definition) is 4. The van der Waals surface area contributed by atoms with Crippen molar-refractivity contribution >= 4 is 23.3 Å². The normalized spacial score (nSPS) is 11.1. The van der Waals surface area contributed by atoms with Crippen molar-refractivity contribution in [2.24, 2.45) is 0 Å². The van der Waals surface area contributed by atoms with E-state index in [1.807, 2.05) is 33.8 Å². The number of nitrogens with one attached hydrogen (secondary N) is 1. The first-order chi connectivity index (χ1) is 8.73. The van der Waals surface area contributed by atoms with Gasteiger partial charge >= 0.3 is 5.97 Å². The lowest BCUT2D eigenvalue weighted by Crippen LogP contribution is -2.28. The highest BCUT2D eigenvalue weighted by molar-refractivity contribution is 6.31. The average Bonchev–Trinajstić information content (AvgIpc) is 2.28. The molecule has 1 aromatic rings. The van der Waals surface area contributed by atoms with Gasteiger partial charge in [0, 0.05) is 11.1 Å². The van der Waals surface area contributed by atoms with Gasteiger partial charge in [-0.15, -0.1) is 0 Å². The highest BCUT2D eigenvalue weighted by Crippen LogP contribution is 2.30. The summed E-state index contributed by atoms with van der Waals surface area (Å²) in [5.74, 6) is 0.279. The van der Waals surface area contributed by atoms with Gasteiger partial charge in [0.15, 0.2) is 0 Å². The second-order valence-corrected chi connectivity index (χ2v) is 5.65. The summed E-state index contributed by atoms with van der Waals surface area (Å²) in [5, 5.41) is 3.62. The zero-order valence-corrected chi connectivity index (χ0v) is 12.7. The maximum absolute atomic E-state index is 11.6. The number of aryl methyl sites for hydroxylation is 1. The summed E-state index contributed by atoms with van der Waals surface area (Å²) in [6, 6.07) is 3.56. The fourth-order valence-electron chi connectivity index (χ4n) is 1.52. The van der Waals surface area contributed by atoms with Gasteiger partial charge in [-0.1, -0.05) is 11.6 Å². The minimum Gasteiger partial charge on any atom is -0.495 e. The summed E-state index contributed by atoms with van der Waals surface area (Å²) in [6.07, 6.45) is 0. The topological polar surface area (TPSA) is 47.6 Å². The van der Waals surface area contributed by atoms with Gasteiger partial charge in [-0.3, -0.25) is 4.79 Å². The third-order valence-electron chi connectivity index (χ3n) is 2.32. The molecule has 0 aliphatic heterocycles. The number of rotatable bonds is 4. The Morgan fingerprint density at radius 3 is 2.53 bits per heavy atom. The number of anilines is 1. The van der Waals surface area contributed by atoms with Crippen LogP contribution in [0.15, 0.2) is 12.1 Å². The van der Waals surface area contributed by atoms with Gasteiger partial charge in [0.25, 0.3) is 0 Å². The summed E-state index contributed by atoms with van der Waals surface area (Å²) < 4.78 is 10.4. The summed E-state index contributed by atoms with van der Waals surface area (Å²) >= 11 is 6.01. The Bertz CT molecular complexity index is 466. The molecule has 0 aliphatic rings. The van der Waals surface area contributed by atoms with Gasteiger partial charge in [-0.05, 0) is 39.3 Å². The van der Waals surface area contributed by atoms with E-state index >= 15 is 0 Å². The zero-order chi connectivity index (χ0) is 14.6. The molecule has 0 amide bonds. The second kappa shape index (κ2) is 6.15. The quantitative estimate of drug-likeness (QED) is 0.861. The minimum absolute atomic E-state index is 0.0781. The summed E-state index contributed by atoms with van der Waals surface area (Å²) in [6.45, 7) is 7.46. The van der Waals surface area contributed by atoms with Crippen molar-refractivity contribution < 1.29 is 14.3 Å². The van der Waals surface area contributed by atoms with Crippen LogP contribution >= 0.6 is 11.6 Å². The first-order valence-corrected chi connectivity index (χ1v) is 6.40. The van der Waals surface area contributed by atoms with Gasteiger partial charge in [-0.25, -0.2) is 0 Å². The predicted octanol–water partition coefficient (Wildman–Crippen LogP) is 3.41. The zero-order valence-electron chi connectivity index (χ0n) is 12.0. The molecule has 1 rings (SSSR count). The number of halogens is 1. The lowest BCUT2D eigenvalue weighted by molar-refractivity contribution is -0.152. The van der Waals surface area contributed by atoms with Gasteiger partial charge in [0.2, 0.25) is 0 Å². The number of ether oxygens (including phenoxy) is 2. The fraction of sp³-hybridized carbons (Fsp3) is 0.500. The van der Waals surface area contributed by atoms with Crippen LogP contribution < -0.4 is 10.1 Å². The second-order valence-electron chi connectivity index (χ2n) is 5.24. The molecule has 1 aromatic carbocycles. The molecule has 0 atom stereocenters. The van der Waals surface area contributed by atoms with Crippen LogP contribution in [0.5, 0.6) is 5.75 Å². The van der Waals surface area contributed by atoms with Crippen molar-refractivity contribution in [3.63, 3.8) is 0 Å². The molecule has 0 unspecified atom stereocenters. The van der Waals surface area contributed by atoms with Gasteiger partial charge in [0.05, 0.1) is 12.8 Å². The Morgan fingerprint density at radius 2 is 2.00 bits per heavy atom. The SMILES string of the molecule is COc1cc(Cl)c(C)cc1NCC(=O)OC(C)(C)C. The number of esters is 1. The molecule has 19 heavy (non-hydrogen) atoms. The fourth-order valence-corrected chi connectivity index (χ4v) is 1.67. The predicted molar refractivity (Wildman–Crippen MR) is 77.1 cm³/mol. The molecular formula is C14H20ClNO3. The molecule has 0 aliphatic carbocycles. The van der Waals surface area contributed by atoms with Crippen LogP contribution in [-0.4, -0.2) is 25.2 Å². The van der Waals surface area contributed by atoms with Crippen molar-refractivity contribution in [1.29, 1.82) is 0 Å². The van der Waals surface area contributed by atoms with Crippen LogP contribution in [0.25, 0.3) is 0 Å². The standard InChI is InChI=1S/C14H20ClNO3/c1-9-6-11(12(18-5)7-10(9)15)16-8-13(17)19-14(2,3)4/h6-7,16H,8H2,1-5H3. The number of carbonyl (C=O) groups is 1. The molecule has 5 heteroatoms. The largest absolute Gasteiger partial charge is 0.495 e. The van der Waals surface area contributed by atoms with Gasteiger partial charge in [-0.2, -0.15) is 0 Å². The molecule has 0 bridgehead atoms. The van der Waals surface area contributed by atoms with Crippen molar-refractivity contribution in [1.82, 2.24) is 0 Å². The molecule has 0 aromatic heterocycles. The van der Waals surface area contributed by atoms with Gasteiger partial charge in [0.1, 0.15) is 17.9 Å². The number of benzene rings is 1. The molecule has 4 nitrogen and oxygen atoms in total. The third-order valence-corrected chi connectivity index (χ3v) is 2.73. The molecule has 106 valence electrons. The smallest absolute Gasteiger partial charge is 0.325 e. The van der Waals surface area contributed by atoms with Crippen molar-refractivity contribution in [2.75, 3.05) is 19.0 Å². The van der Waals surface area contributed by atoms with Crippen LogP contribution in [0.4, 0.5) is 5.69 Å². The van der Waals surface area contributed by atoms with Crippen LogP contribution in [0, 0.1) is 6.92 Å². The van der Waals surface area contributed by atoms with E-state index < -0.39 is 5.60 Å². The maximum Gasteiger partial charge on any atom is 0.325 e. The van der Waals surface area contributed by atoms with Crippen LogP contribution in [0.1, 0.15) is 26.3 Å². The van der Waals surface area contributed by atoms with E-state index in [2.05, 4.69) is 5.32 Å². The Hall–Kier alpha value is -1.42. The van der Waals surface area contributed by atoms with Crippen LogP contribution in [0.3, 0.4) is 0 Å². The Morgan fingerprint density at radius 1 is 1.37 bits per heavy atom. The van der Waals surface area contributed by atoms with E-state index in [1.54, 1.807) is 13.2 Å². The average molecular weight is 286 g/mol. The Balaban J connectivity index is 2.72. The summed E-state index contributed by atoms with van der Waals surface area (Å²) in [4.78, 5) is 11.6. The third kappa shape index (κ3) is 4.99. The monoisotopic (exact) mass is 285 g/mol. The van der Waals surface area contributed by atoms with Crippen LogP contribution in [0.2, 0.25) is 5.02 Å².